The van der Waals surface area contributed by atoms with Gasteiger partial charge in [-0.3, -0.25) is 0 Å². The van der Waals surface area contributed by atoms with Gasteiger partial charge in [0.05, 0.1) is 18.3 Å². The summed E-state index contributed by atoms with van der Waals surface area (Å²) in [6, 6.07) is 23.3. The van der Waals surface area contributed by atoms with Gasteiger partial charge in [-0.2, -0.15) is 0 Å². The molecule has 1 aliphatic heterocycles. The first-order valence-corrected chi connectivity index (χ1v) is 10.8. The Kier molecular flexibility index (Phi) is 4.65. The van der Waals surface area contributed by atoms with Gasteiger partial charge in [-0.25, -0.2) is 0 Å². The van der Waals surface area contributed by atoms with Crippen molar-refractivity contribution < 1.29 is 14.0 Å². The average Bonchev–Trinajstić information content (AvgIpc) is 3.19. The number of para-hydroxylation sites is 1. The summed E-state index contributed by atoms with van der Waals surface area (Å²) in [5.74, 6) is 0.869. The summed E-state index contributed by atoms with van der Waals surface area (Å²) in [4.78, 5) is 0. The molecule has 1 aliphatic rings. The molecule has 5 heteroatoms. The molecule has 1 saturated heterocycles. The molecule has 0 aliphatic carbocycles. The lowest BCUT2D eigenvalue weighted by molar-refractivity contribution is 0.00578. The molecular weight excluding hydrogens is 385 g/mol. The number of hydrogen-bond acceptors (Lipinski definition) is 3. The predicted octanol–water partition coefficient (Wildman–Crippen LogP) is 5.15. The molecule has 0 N–H and O–H groups in total. The van der Waals surface area contributed by atoms with Crippen LogP contribution in [0.25, 0.3) is 21.8 Å². The number of nitrogens with zero attached hydrogens (tertiary/aromatic N) is 1. The van der Waals surface area contributed by atoms with Crippen LogP contribution in [0.4, 0.5) is 0 Å². The second kappa shape index (κ2) is 7.15. The molecule has 0 saturated carbocycles. The molecule has 0 amide bonds. The third kappa shape index (κ3) is 3.24. The zero-order valence-electron chi connectivity index (χ0n) is 18.8. The van der Waals surface area contributed by atoms with E-state index in [0.717, 1.165) is 17.8 Å². The molecule has 0 atom stereocenters. The molecule has 158 valence electrons. The molecule has 0 radical (unpaired) electrons. The molecule has 0 unspecified atom stereocenters. The van der Waals surface area contributed by atoms with Crippen LogP contribution in [0.2, 0.25) is 0 Å². The highest BCUT2D eigenvalue weighted by Crippen LogP contribution is 2.38. The largest absolute Gasteiger partial charge is 0.497 e. The number of fused-ring (bicyclic) bond motifs is 3. The second-order valence-corrected chi connectivity index (χ2v) is 9.28. The summed E-state index contributed by atoms with van der Waals surface area (Å²) in [7, 11) is 1.30. The number of aromatic nitrogens is 1. The smallest absolute Gasteiger partial charge is 0.495 e. The van der Waals surface area contributed by atoms with Gasteiger partial charge in [-0.05, 0) is 63.0 Å². The molecule has 31 heavy (non-hydrogen) atoms. The second-order valence-electron chi connectivity index (χ2n) is 9.28. The summed E-state index contributed by atoms with van der Waals surface area (Å²) < 4.78 is 20.5. The van der Waals surface area contributed by atoms with E-state index < -0.39 is 7.12 Å². The van der Waals surface area contributed by atoms with E-state index >= 15 is 0 Å². The quantitative estimate of drug-likeness (QED) is 0.434. The average molecular weight is 413 g/mol. The van der Waals surface area contributed by atoms with Crippen LogP contribution >= 0.6 is 0 Å². The van der Waals surface area contributed by atoms with E-state index in [0.29, 0.717) is 0 Å². The molecule has 2 heterocycles. The Labute approximate surface area is 183 Å². The molecule has 1 fully saturated rings. The summed E-state index contributed by atoms with van der Waals surface area (Å²) in [6.07, 6.45) is 0. The van der Waals surface area contributed by atoms with Gasteiger partial charge in [0.25, 0.3) is 0 Å². The zero-order valence-corrected chi connectivity index (χ0v) is 18.8. The fourth-order valence-corrected chi connectivity index (χ4v) is 4.38. The molecule has 3 aromatic carbocycles. The Hall–Kier alpha value is -2.76. The fourth-order valence-electron chi connectivity index (χ4n) is 4.38. The van der Waals surface area contributed by atoms with E-state index in [1.165, 1.54) is 27.4 Å². The third-order valence-electron chi connectivity index (χ3n) is 6.84. The van der Waals surface area contributed by atoms with Gasteiger partial charge in [-0.1, -0.05) is 42.5 Å². The van der Waals surface area contributed by atoms with Gasteiger partial charge < -0.3 is 18.6 Å². The minimum absolute atomic E-state index is 0.374. The van der Waals surface area contributed by atoms with E-state index in [2.05, 4.69) is 86.9 Å². The number of hydrogen-bond donors (Lipinski definition) is 0. The summed E-state index contributed by atoms with van der Waals surface area (Å²) in [5.41, 5.74) is 3.95. The van der Waals surface area contributed by atoms with Crippen LogP contribution < -0.4 is 10.2 Å². The van der Waals surface area contributed by atoms with Crippen LogP contribution in [0.1, 0.15) is 33.3 Å². The highest BCUT2D eigenvalue weighted by Gasteiger charge is 2.52. The fraction of sp³-hybridized carbons (Fsp3) is 0.308. The first-order chi connectivity index (χ1) is 14.8. The van der Waals surface area contributed by atoms with Crippen molar-refractivity contribution in [3.05, 3.63) is 72.3 Å². The molecule has 0 bridgehead atoms. The van der Waals surface area contributed by atoms with E-state index in [-0.39, 0.29) is 11.2 Å². The minimum Gasteiger partial charge on any atom is -0.497 e. The van der Waals surface area contributed by atoms with Crippen LogP contribution in [0.3, 0.4) is 0 Å². The van der Waals surface area contributed by atoms with Gasteiger partial charge in [0.2, 0.25) is 0 Å². The van der Waals surface area contributed by atoms with Crippen molar-refractivity contribution in [3.63, 3.8) is 0 Å². The van der Waals surface area contributed by atoms with Gasteiger partial charge in [0, 0.05) is 28.4 Å². The number of methoxy groups -OCH3 is 1. The van der Waals surface area contributed by atoms with Crippen molar-refractivity contribution >= 4 is 34.4 Å². The minimum atomic E-state index is -0.394. The lowest BCUT2D eigenvalue weighted by Crippen LogP contribution is -2.41. The molecule has 5 rings (SSSR count). The van der Waals surface area contributed by atoms with Crippen molar-refractivity contribution in [2.24, 2.45) is 0 Å². The number of benzene rings is 3. The van der Waals surface area contributed by atoms with Gasteiger partial charge in [0.15, 0.2) is 0 Å². The predicted molar refractivity (Wildman–Crippen MR) is 127 cm³/mol. The molecule has 0 spiro atoms. The maximum absolute atomic E-state index is 6.41. The first-order valence-electron chi connectivity index (χ1n) is 10.8. The Morgan fingerprint density at radius 3 is 2.13 bits per heavy atom. The molecule has 1 aromatic heterocycles. The maximum atomic E-state index is 6.41. The Balaban J connectivity index is 1.67. The summed E-state index contributed by atoms with van der Waals surface area (Å²) in [6.45, 7) is 9.17. The van der Waals surface area contributed by atoms with Crippen molar-refractivity contribution in [3.8, 4) is 5.75 Å². The van der Waals surface area contributed by atoms with Crippen LogP contribution in [-0.4, -0.2) is 30.0 Å². The lowest BCUT2D eigenvalue weighted by atomic mass is 9.76. The Morgan fingerprint density at radius 1 is 0.806 bits per heavy atom. The van der Waals surface area contributed by atoms with Crippen molar-refractivity contribution in [1.29, 1.82) is 0 Å². The lowest BCUT2D eigenvalue weighted by Gasteiger charge is -2.32. The maximum Gasteiger partial charge on any atom is 0.495 e. The third-order valence-corrected chi connectivity index (χ3v) is 6.84. The normalized spacial score (nSPS) is 17.5. The van der Waals surface area contributed by atoms with E-state index in [1.807, 2.05) is 12.1 Å². The van der Waals surface area contributed by atoms with Crippen LogP contribution in [0.5, 0.6) is 5.75 Å². The summed E-state index contributed by atoms with van der Waals surface area (Å²) >= 11 is 0. The standard InChI is InChI=1S/C26H28BNO3/c1-25(2)26(3,4)31-27(30-25)21-10-8-12-23-24(21)20-9-6-7-11-22(20)28(23)17-18-13-15-19(29-5)16-14-18/h6-16H,17H2,1-5H3. The van der Waals surface area contributed by atoms with E-state index in [1.54, 1.807) is 7.11 Å². The van der Waals surface area contributed by atoms with Gasteiger partial charge in [0.1, 0.15) is 5.75 Å². The van der Waals surface area contributed by atoms with E-state index in [9.17, 15) is 0 Å². The highest BCUT2D eigenvalue weighted by molar-refractivity contribution is 6.66. The van der Waals surface area contributed by atoms with Crippen LogP contribution in [-0.2, 0) is 15.9 Å². The monoisotopic (exact) mass is 413 g/mol. The van der Waals surface area contributed by atoms with E-state index in [4.69, 9.17) is 14.0 Å². The summed E-state index contributed by atoms with van der Waals surface area (Å²) in [5, 5.41) is 2.42. The van der Waals surface area contributed by atoms with Gasteiger partial charge in [-0.15, -0.1) is 0 Å². The first kappa shape index (κ1) is 20.2. The van der Waals surface area contributed by atoms with Gasteiger partial charge >= 0.3 is 7.12 Å². The number of rotatable bonds is 4. The topological polar surface area (TPSA) is 32.6 Å². The van der Waals surface area contributed by atoms with Crippen molar-refractivity contribution in [2.45, 2.75) is 45.4 Å². The van der Waals surface area contributed by atoms with Crippen molar-refractivity contribution in [1.82, 2.24) is 4.57 Å². The number of ether oxygens (including phenoxy) is 1. The highest BCUT2D eigenvalue weighted by atomic mass is 16.7. The van der Waals surface area contributed by atoms with Crippen LogP contribution in [0, 0.1) is 0 Å². The molecule has 4 nitrogen and oxygen atoms in total. The SMILES string of the molecule is COc1ccc(Cn2c3ccccc3c3c(B4OC(C)(C)C(C)(C)O4)cccc32)cc1. The van der Waals surface area contributed by atoms with Crippen LogP contribution in [0.15, 0.2) is 66.7 Å². The zero-order chi connectivity index (χ0) is 21.8. The molecule has 4 aromatic rings. The Morgan fingerprint density at radius 2 is 1.45 bits per heavy atom. The molecular formula is C26H28BNO3. The van der Waals surface area contributed by atoms with Crippen molar-refractivity contribution in [2.75, 3.05) is 7.11 Å². The Bertz CT molecular complexity index is 1240.